The fourth-order valence-corrected chi connectivity index (χ4v) is 3.49. The molecule has 0 unspecified atom stereocenters. The van der Waals surface area contributed by atoms with Gasteiger partial charge in [0.1, 0.15) is 0 Å². The van der Waals surface area contributed by atoms with Gasteiger partial charge in [-0.25, -0.2) is 0 Å². The lowest BCUT2D eigenvalue weighted by atomic mass is 10.1. The molecule has 0 radical (unpaired) electrons. The van der Waals surface area contributed by atoms with Gasteiger partial charge < -0.3 is 14.2 Å². The summed E-state index contributed by atoms with van der Waals surface area (Å²) in [6.07, 6.45) is 0.252. The van der Waals surface area contributed by atoms with E-state index in [2.05, 4.69) is 15.1 Å². The molecule has 32 heavy (non-hydrogen) atoms. The van der Waals surface area contributed by atoms with Gasteiger partial charge >= 0.3 is 6.18 Å². The van der Waals surface area contributed by atoms with Gasteiger partial charge in [0.05, 0.1) is 18.7 Å². The molecule has 3 heterocycles. The summed E-state index contributed by atoms with van der Waals surface area (Å²) in [5, 5.41) is 3.80. The number of halogens is 3. The number of hydrogen-bond donors (Lipinski definition) is 0. The lowest BCUT2D eigenvalue weighted by Gasteiger charge is -2.31. The molecule has 2 aromatic heterocycles. The van der Waals surface area contributed by atoms with Gasteiger partial charge in [0.15, 0.2) is 6.10 Å². The van der Waals surface area contributed by atoms with Crippen molar-refractivity contribution in [2.75, 3.05) is 19.7 Å². The summed E-state index contributed by atoms with van der Waals surface area (Å²) in [6, 6.07) is 8.56. The van der Waals surface area contributed by atoms with Gasteiger partial charge in [0.2, 0.25) is 11.7 Å². The molecule has 3 aromatic rings. The highest BCUT2D eigenvalue weighted by Crippen LogP contribution is 2.32. The zero-order valence-corrected chi connectivity index (χ0v) is 17.1. The van der Waals surface area contributed by atoms with Crippen LogP contribution in [-0.4, -0.2) is 45.6 Å². The molecule has 168 valence electrons. The summed E-state index contributed by atoms with van der Waals surface area (Å²) in [7, 11) is 0. The number of alkyl halides is 3. The van der Waals surface area contributed by atoms with E-state index in [9.17, 15) is 18.0 Å². The Labute approximate surface area is 182 Å². The third-order valence-electron chi connectivity index (χ3n) is 5.19. The lowest BCUT2D eigenvalue weighted by Crippen LogP contribution is -2.42. The number of nitrogens with zero attached hydrogens (tertiary/aromatic N) is 4. The Morgan fingerprint density at radius 1 is 1.19 bits per heavy atom. The van der Waals surface area contributed by atoms with Crippen LogP contribution in [0.25, 0.3) is 11.4 Å². The van der Waals surface area contributed by atoms with E-state index < -0.39 is 17.8 Å². The predicted octanol–water partition coefficient (Wildman–Crippen LogP) is 4.07. The van der Waals surface area contributed by atoms with Crippen molar-refractivity contribution >= 4 is 5.91 Å². The number of rotatable bonds is 6. The van der Waals surface area contributed by atoms with Crippen LogP contribution in [0.5, 0.6) is 0 Å². The Morgan fingerprint density at radius 2 is 2.00 bits per heavy atom. The predicted molar refractivity (Wildman–Crippen MR) is 107 cm³/mol. The van der Waals surface area contributed by atoms with Crippen LogP contribution >= 0.6 is 0 Å². The summed E-state index contributed by atoms with van der Waals surface area (Å²) < 4.78 is 49.8. The molecule has 7 nitrogen and oxygen atoms in total. The Balaban J connectivity index is 1.37. The summed E-state index contributed by atoms with van der Waals surface area (Å²) in [6.45, 7) is 1.01. The minimum absolute atomic E-state index is 0.00460. The van der Waals surface area contributed by atoms with Gasteiger partial charge in [0, 0.05) is 30.9 Å². The maximum Gasteiger partial charge on any atom is 0.416 e. The second-order valence-electron chi connectivity index (χ2n) is 7.44. The van der Waals surface area contributed by atoms with E-state index >= 15 is 0 Å². The van der Waals surface area contributed by atoms with Crippen molar-refractivity contribution in [2.24, 2.45) is 0 Å². The van der Waals surface area contributed by atoms with E-state index in [1.807, 2.05) is 12.1 Å². The first-order chi connectivity index (χ1) is 15.4. The lowest BCUT2D eigenvalue weighted by molar-refractivity contribution is -0.140. The fourth-order valence-electron chi connectivity index (χ4n) is 3.49. The SMILES string of the molecule is O=C(CCCc1ccncc1)N1CCO[C@@H](c2nc(-c3cccc(C(F)(F)F)c3)no2)C1. The maximum atomic E-state index is 13.0. The van der Waals surface area contributed by atoms with Crippen molar-refractivity contribution in [3.63, 3.8) is 0 Å². The largest absolute Gasteiger partial charge is 0.416 e. The summed E-state index contributed by atoms with van der Waals surface area (Å²) in [4.78, 5) is 22.5. The van der Waals surface area contributed by atoms with Crippen LogP contribution in [-0.2, 0) is 22.1 Å². The minimum atomic E-state index is -4.46. The minimum Gasteiger partial charge on any atom is -0.365 e. The van der Waals surface area contributed by atoms with E-state index in [1.165, 1.54) is 12.1 Å². The van der Waals surface area contributed by atoms with Gasteiger partial charge in [-0.2, -0.15) is 18.2 Å². The van der Waals surface area contributed by atoms with Crippen LogP contribution < -0.4 is 0 Å². The normalized spacial score (nSPS) is 16.8. The number of morpholine rings is 1. The van der Waals surface area contributed by atoms with E-state index in [0.29, 0.717) is 26.0 Å². The van der Waals surface area contributed by atoms with Gasteiger partial charge in [-0.05, 0) is 42.7 Å². The Morgan fingerprint density at radius 3 is 2.78 bits per heavy atom. The molecule has 4 rings (SSSR count). The number of carbonyl (C=O) groups excluding carboxylic acids is 1. The molecule has 1 fully saturated rings. The van der Waals surface area contributed by atoms with Crippen LogP contribution in [0.3, 0.4) is 0 Å². The molecular formula is C22H21F3N4O3. The second kappa shape index (κ2) is 9.47. The average molecular weight is 446 g/mol. The second-order valence-corrected chi connectivity index (χ2v) is 7.44. The molecule has 1 aliphatic heterocycles. The van der Waals surface area contributed by atoms with Crippen LogP contribution in [0.2, 0.25) is 0 Å². The van der Waals surface area contributed by atoms with Gasteiger partial charge in [-0.3, -0.25) is 9.78 Å². The number of ether oxygens (including phenoxy) is 1. The number of aryl methyl sites for hydroxylation is 1. The molecular weight excluding hydrogens is 425 g/mol. The molecule has 0 saturated carbocycles. The van der Waals surface area contributed by atoms with Crippen molar-refractivity contribution in [1.29, 1.82) is 0 Å². The molecule has 1 saturated heterocycles. The molecule has 0 N–H and O–H groups in total. The number of benzene rings is 1. The van der Waals surface area contributed by atoms with Crippen molar-refractivity contribution in [2.45, 2.75) is 31.5 Å². The van der Waals surface area contributed by atoms with E-state index in [0.717, 1.165) is 24.1 Å². The molecule has 1 aromatic carbocycles. The standard InChI is InChI=1S/C22H21F3N4O3/c23-22(24,25)17-5-2-4-16(13-17)20-27-21(32-28-20)18-14-29(11-12-31-18)19(30)6-1-3-15-7-9-26-10-8-15/h2,4-5,7-10,13,18H,1,3,6,11-12,14H2/t18-/m1/s1. The highest BCUT2D eigenvalue weighted by molar-refractivity contribution is 5.76. The average Bonchev–Trinajstić information content (AvgIpc) is 3.30. The number of carbonyl (C=O) groups is 1. The number of pyridine rings is 1. The third kappa shape index (κ3) is 5.31. The fraction of sp³-hybridized carbons (Fsp3) is 0.364. The smallest absolute Gasteiger partial charge is 0.365 e. The Kier molecular flexibility index (Phi) is 6.50. The first kappa shape index (κ1) is 21.9. The third-order valence-corrected chi connectivity index (χ3v) is 5.19. The molecule has 0 aliphatic carbocycles. The molecule has 1 amide bonds. The highest BCUT2D eigenvalue weighted by Gasteiger charge is 2.32. The van der Waals surface area contributed by atoms with Gasteiger partial charge in [-0.1, -0.05) is 17.3 Å². The quantitative estimate of drug-likeness (QED) is 0.568. The summed E-state index contributed by atoms with van der Waals surface area (Å²) in [5.41, 5.74) is 0.522. The number of aromatic nitrogens is 3. The van der Waals surface area contributed by atoms with E-state index in [4.69, 9.17) is 9.26 Å². The molecule has 0 bridgehead atoms. The first-order valence-electron chi connectivity index (χ1n) is 10.2. The van der Waals surface area contributed by atoms with Crippen molar-refractivity contribution in [3.05, 3.63) is 65.8 Å². The van der Waals surface area contributed by atoms with Gasteiger partial charge in [-0.15, -0.1) is 0 Å². The number of amides is 1. The Bertz CT molecular complexity index is 1060. The van der Waals surface area contributed by atoms with Crippen molar-refractivity contribution < 1.29 is 27.2 Å². The summed E-state index contributed by atoms with van der Waals surface area (Å²) in [5.74, 6) is 0.173. The topological polar surface area (TPSA) is 81.4 Å². The van der Waals surface area contributed by atoms with E-state index in [-0.39, 0.29) is 29.7 Å². The van der Waals surface area contributed by atoms with Crippen LogP contribution in [0, 0.1) is 0 Å². The van der Waals surface area contributed by atoms with Crippen molar-refractivity contribution in [1.82, 2.24) is 20.0 Å². The van der Waals surface area contributed by atoms with Crippen molar-refractivity contribution in [3.8, 4) is 11.4 Å². The van der Waals surface area contributed by atoms with E-state index in [1.54, 1.807) is 17.3 Å². The summed E-state index contributed by atoms with van der Waals surface area (Å²) >= 11 is 0. The molecule has 1 atom stereocenters. The Hall–Kier alpha value is -3.27. The maximum absolute atomic E-state index is 13.0. The van der Waals surface area contributed by atoms with Crippen LogP contribution in [0.15, 0.2) is 53.3 Å². The monoisotopic (exact) mass is 446 g/mol. The molecule has 0 spiro atoms. The highest BCUT2D eigenvalue weighted by atomic mass is 19.4. The zero-order chi connectivity index (χ0) is 22.6. The molecule has 1 aliphatic rings. The number of hydrogen-bond acceptors (Lipinski definition) is 6. The zero-order valence-electron chi connectivity index (χ0n) is 17.1. The van der Waals surface area contributed by atoms with Crippen LogP contribution in [0.1, 0.15) is 36.0 Å². The first-order valence-corrected chi connectivity index (χ1v) is 10.2. The van der Waals surface area contributed by atoms with Gasteiger partial charge in [0.25, 0.3) is 5.89 Å². The van der Waals surface area contributed by atoms with Crippen LogP contribution in [0.4, 0.5) is 13.2 Å². The molecule has 10 heteroatoms.